The van der Waals surface area contributed by atoms with Crippen LogP contribution in [0.3, 0.4) is 0 Å². The van der Waals surface area contributed by atoms with Crippen LogP contribution in [-0.2, 0) is 4.74 Å². The number of hydrogen-bond donors (Lipinski definition) is 1. The molecule has 0 aromatic heterocycles. The lowest BCUT2D eigenvalue weighted by Crippen LogP contribution is -2.18. The van der Waals surface area contributed by atoms with E-state index in [4.69, 9.17) is 21.1 Å². The van der Waals surface area contributed by atoms with Crippen LogP contribution in [0, 0.1) is 10.1 Å². The zero-order valence-electron chi connectivity index (χ0n) is 17.2. The maximum Gasteiger partial charge on any atom is 0.340 e. The summed E-state index contributed by atoms with van der Waals surface area (Å²) in [6.45, 7) is -0.532. The van der Waals surface area contributed by atoms with E-state index in [9.17, 15) is 24.5 Å². The summed E-state index contributed by atoms with van der Waals surface area (Å²) in [5, 5.41) is 13.3. The van der Waals surface area contributed by atoms with Crippen molar-refractivity contribution in [1.82, 2.24) is 0 Å². The van der Waals surface area contributed by atoms with Gasteiger partial charge < -0.3 is 14.8 Å². The molecular weight excluding hydrogens is 452 g/mol. The highest BCUT2D eigenvalue weighted by Gasteiger charge is 2.20. The molecule has 3 aromatic carbocycles. The number of ether oxygens (including phenoxy) is 2. The van der Waals surface area contributed by atoms with Crippen molar-refractivity contribution in [3.8, 4) is 5.75 Å². The topological polar surface area (TPSA) is 125 Å². The van der Waals surface area contributed by atoms with Crippen molar-refractivity contribution in [2.24, 2.45) is 0 Å². The largest absolute Gasteiger partial charge is 0.496 e. The Morgan fingerprint density at radius 3 is 2.30 bits per heavy atom. The van der Waals surface area contributed by atoms with E-state index in [2.05, 4.69) is 5.32 Å². The number of Topliss-reactive ketones (excluding diaryl/α,β-unsaturated/α-hetero) is 1. The van der Waals surface area contributed by atoms with E-state index in [0.29, 0.717) is 5.75 Å². The van der Waals surface area contributed by atoms with E-state index < -0.39 is 29.2 Å². The summed E-state index contributed by atoms with van der Waals surface area (Å²) in [6, 6.07) is 16.0. The van der Waals surface area contributed by atoms with Crippen LogP contribution in [0.4, 0.5) is 11.4 Å². The number of ketones is 1. The van der Waals surface area contributed by atoms with Gasteiger partial charge in [0, 0.05) is 12.1 Å². The smallest absolute Gasteiger partial charge is 0.340 e. The van der Waals surface area contributed by atoms with Crippen LogP contribution in [0.15, 0.2) is 66.7 Å². The Bertz CT molecular complexity index is 1240. The SMILES string of the molecule is COc1ccccc1C(=O)COC(=O)c1ccccc1NC(=O)c1ccc([N+](=O)[O-])cc1Cl. The number of nitrogens with one attached hydrogen (secondary N) is 1. The molecule has 0 saturated heterocycles. The molecule has 9 nitrogen and oxygen atoms in total. The van der Waals surface area contributed by atoms with Gasteiger partial charge in [0.15, 0.2) is 6.61 Å². The zero-order chi connectivity index (χ0) is 24.0. The van der Waals surface area contributed by atoms with Gasteiger partial charge in [-0.05, 0) is 30.3 Å². The number of methoxy groups -OCH3 is 1. The van der Waals surface area contributed by atoms with Gasteiger partial charge in [0.2, 0.25) is 5.78 Å². The van der Waals surface area contributed by atoms with Crippen LogP contribution in [0.5, 0.6) is 5.75 Å². The molecule has 0 bridgehead atoms. The molecule has 33 heavy (non-hydrogen) atoms. The monoisotopic (exact) mass is 468 g/mol. The van der Waals surface area contributed by atoms with E-state index in [1.54, 1.807) is 36.4 Å². The number of non-ortho nitro benzene ring substituents is 1. The Morgan fingerprint density at radius 2 is 1.64 bits per heavy atom. The third-order valence-electron chi connectivity index (χ3n) is 4.55. The average molecular weight is 469 g/mol. The lowest BCUT2D eigenvalue weighted by molar-refractivity contribution is -0.384. The first kappa shape index (κ1) is 23.4. The molecule has 0 heterocycles. The Hall–Kier alpha value is -4.24. The highest BCUT2D eigenvalue weighted by atomic mass is 35.5. The second kappa shape index (κ2) is 10.4. The number of rotatable bonds is 8. The number of para-hydroxylation sites is 2. The minimum Gasteiger partial charge on any atom is -0.496 e. The van der Waals surface area contributed by atoms with E-state index in [0.717, 1.165) is 12.1 Å². The van der Waals surface area contributed by atoms with E-state index >= 15 is 0 Å². The lowest BCUT2D eigenvalue weighted by Gasteiger charge is -2.12. The predicted octanol–water partition coefficient (Wildman–Crippen LogP) is 4.55. The number of amides is 1. The van der Waals surface area contributed by atoms with E-state index in [1.807, 2.05) is 0 Å². The van der Waals surface area contributed by atoms with Crippen LogP contribution in [-0.4, -0.2) is 36.3 Å². The molecule has 0 atom stereocenters. The average Bonchev–Trinajstić information content (AvgIpc) is 2.82. The van der Waals surface area contributed by atoms with Crippen molar-refractivity contribution in [2.75, 3.05) is 19.0 Å². The number of hydrogen-bond acceptors (Lipinski definition) is 7. The Morgan fingerprint density at radius 1 is 0.970 bits per heavy atom. The first-order chi connectivity index (χ1) is 15.8. The Balaban J connectivity index is 1.73. The third-order valence-corrected chi connectivity index (χ3v) is 4.86. The fourth-order valence-corrected chi connectivity index (χ4v) is 3.18. The van der Waals surface area contributed by atoms with Gasteiger partial charge in [-0.15, -0.1) is 0 Å². The molecule has 0 radical (unpaired) electrons. The lowest BCUT2D eigenvalue weighted by atomic mass is 10.1. The molecule has 3 rings (SSSR count). The molecule has 0 unspecified atom stereocenters. The number of benzene rings is 3. The molecule has 10 heteroatoms. The molecule has 0 saturated carbocycles. The summed E-state index contributed by atoms with van der Waals surface area (Å²) in [7, 11) is 1.42. The molecule has 0 spiro atoms. The number of nitro groups is 1. The standard InChI is InChI=1S/C23H17ClN2O7/c1-32-21-9-5-3-7-17(21)20(27)13-33-23(29)16-6-2-4-8-19(16)25-22(28)15-11-10-14(26(30)31)12-18(15)24/h2-12H,13H2,1H3,(H,25,28). The van der Waals surface area contributed by atoms with Crippen molar-refractivity contribution in [3.05, 3.63) is 98.6 Å². The first-order valence-electron chi connectivity index (χ1n) is 9.49. The fraction of sp³-hybridized carbons (Fsp3) is 0.0870. The second-order valence-electron chi connectivity index (χ2n) is 6.62. The maximum absolute atomic E-state index is 12.6. The molecule has 0 aliphatic carbocycles. The summed E-state index contributed by atoms with van der Waals surface area (Å²) in [5.41, 5.74) is 0.114. The number of anilines is 1. The summed E-state index contributed by atoms with van der Waals surface area (Å²) in [6.07, 6.45) is 0. The summed E-state index contributed by atoms with van der Waals surface area (Å²) in [5.74, 6) is -1.62. The van der Waals surface area contributed by atoms with Gasteiger partial charge in [0.25, 0.3) is 11.6 Å². The molecule has 0 aliphatic heterocycles. The number of carbonyl (C=O) groups is 3. The molecule has 3 aromatic rings. The van der Waals surface area contributed by atoms with Crippen LogP contribution < -0.4 is 10.1 Å². The molecule has 0 fully saturated rings. The van der Waals surface area contributed by atoms with Gasteiger partial charge in [0.05, 0.1) is 39.4 Å². The first-order valence-corrected chi connectivity index (χ1v) is 9.87. The van der Waals surface area contributed by atoms with Crippen molar-refractivity contribution in [3.63, 3.8) is 0 Å². The van der Waals surface area contributed by atoms with E-state index in [-0.39, 0.29) is 33.1 Å². The Kier molecular flexibility index (Phi) is 7.37. The van der Waals surface area contributed by atoms with Gasteiger partial charge in [-0.2, -0.15) is 0 Å². The summed E-state index contributed by atoms with van der Waals surface area (Å²) in [4.78, 5) is 47.9. The van der Waals surface area contributed by atoms with Gasteiger partial charge >= 0.3 is 5.97 Å². The van der Waals surface area contributed by atoms with Crippen LogP contribution in [0.1, 0.15) is 31.1 Å². The Labute approximate surface area is 193 Å². The van der Waals surface area contributed by atoms with Crippen molar-refractivity contribution < 1.29 is 28.8 Å². The quantitative estimate of drug-likeness (QED) is 0.222. The van der Waals surface area contributed by atoms with Gasteiger partial charge in [-0.25, -0.2) is 4.79 Å². The number of carbonyl (C=O) groups excluding carboxylic acids is 3. The summed E-state index contributed by atoms with van der Waals surface area (Å²) >= 11 is 6.00. The molecule has 168 valence electrons. The molecular formula is C23H17ClN2O7. The van der Waals surface area contributed by atoms with Gasteiger partial charge in [-0.3, -0.25) is 19.7 Å². The highest BCUT2D eigenvalue weighted by Crippen LogP contribution is 2.25. The van der Waals surface area contributed by atoms with Crippen molar-refractivity contribution in [1.29, 1.82) is 0 Å². The molecule has 1 amide bonds. The molecule has 1 N–H and O–H groups in total. The maximum atomic E-state index is 12.6. The summed E-state index contributed by atoms with van der Waals surface area (Å²) < 4.78 is 10.3. The molecule has 0 aliphatic rings. The van der Waals surface area contributed by atoms with Crippen LogP contribution in [0.25, 0.3) is 0 Å². The minimum atomic E-state index is -0.830. The zero-order valence-corrected chi connectivity index (χ0v) is 18.0. The van der Waals surface area contributed by atoms with Crippen LogP contribution in [0.2, 0.25) is 5.02 Å². The van der Waals surface area contributed by atoms with E-state index in [1.165, 1.54) is 25.3 Å². The highest BCUT2D eigenvalue weighted by molar-refractivity contribution is 6.34. The van der Waals surface area contributed by atoms with Crippen LogP contribution >= 0.6 is 11.6 Å². The number of nitrogens with zero attached hydrogens (tertiary/aromatic N) is 1. The minimum absolute atomic E-state index is 0.0108. The van der Waals surface area contributed by atoms with Gasteiger partial charge in [-0.1, -0.05) is 35.9 Å². The van der Waals surface area contributed by atoms with Crippen molar-refractivity contribution in [2.45, 2.75) is 0 Å². The van der Waals surface area contributed by atoms with Crippen molar-refractivity contribution >= 4 is 40.6 Å². The fourth-order valence-electron chi connectivity index (χ4n) is 2.92. The predicted molar refractivity (Wildman–Crippen MR) is 120 cm³/mol. The van der Waals surface area contributed by atoms with Gasteiger partial charge in [0.1, 0.15) is 5.75 Å². The second-order valence-corrected chi connectivity index (χ2v) is 7.03. The third kappa shape index (κ3) is 5.52. The number of halogens is 1. The number of esters is 1. The normalized spacial score (nSPS) is 10.2. The number of nitro benzene ring substituents is 1.